The molecule has 0 saturated carbocycles. The average molecular weight is 793 g/mol. The average Bonchev–Trinajstić information content (AvgIpc) is 3.94. The molecule has 1 spiro atoms. The van der Waals surface area contributed by atoms with Crippen LogP contribution in [-0.2, 0) is 17.3 Å². The fourth-order valence-corrected chi connectivity index (χ4v) is 17.8. The maximum absolute atomic E-state index is 2.54. The number of hydrogen-bond acceptors (Lipinski definition) is 2. The summed E-state index contributed by atoms with van der Waals surface area (Å²) < 4.78 is 0. The highest BCUT2D eigenvalue weighted by atomic mass is 28.3. The molecule has 12 rings (SSSR count). The molecule has 1 fully saturated rings. The van der Waals surface area contributed by atoms with E-state index in [1.165, 1.54) is 121 Å². The van der Waals surface area contributed by atoms with E-state index in [4.69, 9.17) is 0 Å². The third-order valence-corrected chi connectivity index (χ3v) is 20.6. The van der Waals surface area contributed by atoms with E-state index in [-0.39, 0.29) is 10.8 Å². The van der Waals surface area contributed by atoms with Crippen LogP contribution in [0.4, 0.5) is 28.4 Å². The zero-order valence-corrected chi connectivity index (χ0v) is 36.4. The van der Waals surface area contributed by atoms with Crippen LogP contribution in [0.15, 0.2) is 146 Å². The summed E-state index contributed by atoms with van der Waals surface area (Å²) >= 11 is 0. The normalized spacial score (nSPS) is 18.1. The Morgan fingerprint density at radius 2 is 1.02 bits per heavy atom. The van der Waals surface area contributed by atoms with Gasteiger partial charge < -0.3 is 9.80 Å². The van der Waals surface area contributed by atoms with Gasteiger partial charge in [0.05, 0.1) is 11.4 Å². The number of hydrogen-bond donors (Lipinski definition) is 0. The second kappa shape index (κ2) is 13.0. The van der Waals surface area contributed by atoms with E-state index in [0.717, 1.165) is 13.0 Å². The quantitative estimate of drug-likeness (QED) is 0.129. The van der Waals surface area contributed by atoms with Crippen LogP contribution in [0.3, 0.4) is 0 Å². The van der Waals surface area contributed by atoms with E-state index in [0.29, 0.717) is 0 Å². The molecule has 1 aliphatic carbocycles. The Hall–Kier alpha value is -5.90. The fourth-order valence-electron chi connectivity index (χ4n) is 12.2. The molecule has 0 amide bonds. The van der Waals surface area contributed by atoms with Crippen LogP contribution in [0.2, 0.25) is 12.1 Å². The lowest BCUT2D eigenvalue weighted by atomic mass is 9.73. The molecule has 0 atom stereocenters. The molecule has 0 aromatic heterocycles. The number of nitrogens with zero attached hydrogens (tertiary/aromatic N) is 2. The maximum Gasteiger partial charge on any atom is 0.119 e. The van der Waals surface area contributed by atoms with Gasteiger partial charge in [-0.2, -0.15) is 0 Å². The predicted octanol–water partition coefficient (Wildman–Crippen LogP) is 13.7. The number of para-hydroxylation sites is 3. The minimum atomic E-state index is -1.80. The van der Waals surface area contributed by atoms with Gasteiger partial charge in [0.1, 0.15) is 8.07 Å². The molecule has 0 N–H and O–H groups in total. The summed E-state index contributed by atoms with van der Waals surface area (Å²) in [6.07, 6.45) is 9.75. The SMILES string of the molecule is CC1(C)c2cc(C=Cc3ccc4c(c3)-c3cc(N5c6ccccc6C(C)(C)c6ccccc65)ccc3[Si]43CCCC3)ccc2-c2ccc(N3CCCc4ccccc43)cc21. The van der Waals surface area contributed by atoms with Crippen molar-refractivity contribution in [3.8, 4) is 22.3 Å². The van der Waals surface area contributed by atoms with Crippen molar-refractivity contribution in [1.29, 1.82) is 0 Å². The Bertz CT molecular complexity index is 2890. The second-order valence-electron chi connectivity index (χ2n) is 19.2. The molecule has 294 valence electrons. The first-order valence-electron chi connectivity index (χ1n) is 22.3. The summed E-state index contributed by atoms with van der Waals surface area (Å²) in [4.78, 5) is 5.06. The van der Waals surface area contributed by atoms with Gasteiger partial charge in [-0.3, -0.25) is 0 Å². The maximum atomic E-state index is 2.54. The molecule has 1 saturated heterocycles. The zero-order chi connectivity index (χ0) is 40.4. The van der Waals surface area contributed by atoms with Crippen molar-refractivity contribution in [2.24, 2.45) is 0 Å². The number of aryl methyl sites for hydroxylation is 1. The first-order chi connectivity index (χ1) is 29.2. The monoisotopic (exact) mass is 792 g/mol. The van der Waals surface area contributed by atoms with Gasteiger partial charge in [0, 0.05) is 34.4 Å². The Morgan fingerprint density at radius 1 is 0.467 bits per heavy atom. The van der Waals surface area contributed by atoms with Crippen molar-refractivity contribution >= 4 is 59.0 Å². The summed E-state index contributed by atoms with van der Waals surface area (Å²) in [7, 11) is -1.80. The van der Waals surface area contributed by atoms with Crippen molar-refractivity contribution < 1.29 is 0 Å². The van der Waals surface area contributed by atoms with E-state index >= 15 is 0 Å². The third kappa shape index (κ3) is 5.11. The molecule has 2 nitrogen and oxygen atoms in total. The second-order valence-corrected chi connectivity index (χ2v) is 23.4. The van der Waals surface area contributed by atoms with Crippen LogP contribution in [-0.4, -0.2) is 14.6 Å². The van der Waals surface area contributed by atoms with Crippen LogP contribution >= 0.6 is 0 Å². The van der Waals surface area contributed by atoms with Gasteiger partial charge in [-0.05, 0) is 145 Å². The van der Waals surface area contributed by atoms with Gasteiger partial charge >= 0.3 is 0 Å². The molecule has 4 heterocycles. The highest BCUT2D eigenvalue weighted by molar-refractivity contribution is 7.06. The van der Waals surface area contributed by atoms with E-state index < -0.39 is 8.07 Å². The molecule has 7 aromatic rings. The topological polar surface area (TPSA) is 6.48 Å². The lowest BCUT2D eigenvalue weighted by Crippen LogP contribution is -2.52. The standard InChI is InChI=1S/C57H52N2Si/c1-56(2)47-16-6-9-19-52(47)59(53-20-10-7-17-48(53)56)42-26-30-55-46(36-42)45-34-38(24-29-54(45)60(55)32-11-12-33-60)21-22-39-23-27-43-44-28-25-41(37-50(44)57(3,4)49(43)35-39)58-31-13-15-40-14-5-8-18-51(40)58/h5-10,14,16-30,34-37H,11-13,15,31-33H2,1-4H3. The first kappa shape index (κ1) is 36.0. The highest BCUT2D eigenvalue weighted by Crippen LogP contribution is 2.53. The summed E-state index contributed by atoms with van der Waals surface area (Å²) in [6.45, 7) is 10.6. The number of anilines is 5. The molecule has 0 unspecified atom stereocenters. The predicted molar refractivity (Wildman–Crippen MR) is 257 cm³/mol. The minimum Gasteiger partial charge on any atom is -0.341 e. The fraction of sp³-hybridized carbons (Fsp3) is 0.228. The van der Waals surface area contributed by atoms with Crippen LogP contribution in [0.1, 0.15) is 85.9 Å². The molecule has 60 heavy (non-hydrogen) atoms. The Balaban J connectivity index is 0.893. The Morgan fingerprint density at radius 3 is 1.75 bits per heavy atom. The van der Waals surface area contributed by atoms with Gasteiger partial charge in [0.15, 0.2) is 0 Å². The lowest BCUT2D eigenvalue weighted by Gasteiger charge is -2.42. The van der Waals surface area contributed by atoms with Gasteiger partial charge in [0.25, 0.3) is 0 Å². The van der Waals surface area contributed by atoms with Crippen molar-refractivity contribution in [2.75, 3.05) is 16.3 Å². The number of benzene rings is 7. The Labute approximate surface area is 356 Å². The van der Waals surface area contributed by atoms with E-state index in [2.05, 4.69) is 195 Å². The molecular weight excluding hydrogens is 741 g/mol. The van der Waals surface area contributed by atoms with Gasteiger partial charge in [-0.15, -0.1) is 0 Å². The van der Waals surface area contributed by atoms with Gasteiger partial charge in [-0.1, -0.05) is 150 Å². The third-order valence-electron chi connectivity index (χ3n) is 15.3. The van der Waals surface area contributed by atoms with Crippen LogP contribution in [0.25, 0.3) is 34.4 Å². The highest BCUT2D eigenvalue weighted by Gasteiger charge is 2.47. The van der Waals surface area contributed by atoms with E-state index in [9.17, 15) is 0 Å². The van der Waals surface area contributed by atoms with Crippen LogP contribution in [0, 0.1) is 0 Å². The number of rotatable bonds is 4. The molecule has 5 aliphatic rings. The molecule has 3 heteroatoms. The summed E-state index contributed by atoms with van der Waals surface area (Å²) in [6, 6.07) is 59.1. The first-order valence-corrected chi connectivity index (χ1v) is 24.8. The van der Waals surface area contributed by atoms with Crippen molar-refractivity contribution in [2.45, 2.75) is 76.3 Å². The molecule has 0 radical (unpaired) electrons. The van der Waals surface area contributed by atoms with Crippen molar-refractivity contribution in [3.05, 3.63) is 185 Å². The molecule has 7 aromatic carbocycles. The lowest BCUT2D eigenvalue weighted by molar-refractivity contribution is 0.632. The van der Waals surface area contributed by atoms with E-state index in [1.54, 1.807) is 10.4 Å². The van der Waals surface area contributed by atoms with Crippen molar-refractivity contribution in [1.82, 2.24) is 0 Å². The minimum absolute atomic E-state index is 0.0719. The smallest absolute Gasteiger partial charge is 0.119 e. The van der Waals surface area contributed by atoms with E-state index in [1.807, 2.05) is 0 Å². The van der Waals surface area contributed by atoms with Crippen LogP contribution < -0.4 is 20.2 Å². The molecule has 4 aliphatic heterocycles. The van der Waals surface area contributed by atoms with Gasteiger partial charge in [-0.25, -0.2) is 0 Å². The molecular formula is C57H52N2Si. The largest absolute Gasteiger partial charge is 0.341 e. The zero-order valence-electron chi connectivity index (χ0n) is 35.4. The number of fused-ring (bicyclic) bond motifs is 11. The van der Waals surface area contributed by atoms with Gasteiger partial charge in [0.2, 0.25) is 0 Å². The van der Waals surface area contributed by atoms with Crippen molar-refractivity contribution in [3.63, 3.8) is 0 Å². The summed E-state index contributed by atoms with van der Waals surface area (Å²) in [5.41, 5.74) is 21.7. The molecule has 0 bridgehead atoms. The summed E-state index contributed by atoms with van der Waals surface area (Å²) in [5, 5.41) is 3.32. The summed E-state index contributed by atoms with van der Waals surface area (Å²) in [5.74, 6) is 0. The Kier molecular flexibility index (Phi) is 7.83. The van der Waals surface area contributed by atoms with Crippen LogP contribution in [0.5, 0.6) is 0 Å².